The highest BCUT2D eigenvalue weighted by molar-refractivity contribution is 8.16. The molecule has 0 aliphatic carbocycles. The fourth-order valence-electron chi connectivity index (χ4n) is 4.48. The SMILES string of the molecule is COc1ccc(CC(=O)N=C2S[C@@H]3CS(=O)(=O)C[C@H]3N2c2ccc(Oc3ccccc3)cc2)cc1OC. The number of thioether (sulfide) groups is 1. The van der Waals surface area contributed by atoms with E-state index in [-0.39, 0.29) is 35.1 Å². The molecule has 0 spiro atoms. The molecule has 0 radical (unpaired) electrons. The molecule has 2 fully saturated rings. The summed E-state index contributed by atoms with van der Waals surface area (Å²) in [5.74, 6) is 2.25. The molecule has 2 aliphatic rings. The van der Waals surface area contributed by atoms with Crippen LogP contribution in [0.25, 0.3) is 0 Å². The lowest BCUT2D eigenvalue weighted by molar-refractivity contribution is -0.117. The highest BCUT2D eigenvalue weighted by atomic mass is 32.2. The van der Waals surface area contributed by atoms with Gasteiger partial charge >= 0.3 is 0 Å². The van der Waals surface area contributed by atoms with E-state index in [9.17, 15) is 13.2 Å². The molecule has 0 unspecified atom stereocenters. The molecular formula is C27H26N2O6S2. The fraction of sp³-hybridized carbons (Fsp3) is 0.259. The predicted octanol–water partition coefficient (Wildman–Crippen LogP) is 4.34. The average molecular weight is 539 g/mol. The zero-order valence-electron chi connectivity index (χ0n) is 20.4. The summed E-state index contributed by atoms with van der Waals surface area (Å²) in [4.78, 5) is 19.3. The lowest BCUT2D eigenvalue weighted by Crippen LogP contribution is -2.37. The first-order chi connectivity index (χ1) is 17.8. The van der Waals surface area contributed by atoms with Crippen LogP contribution in [-0.4, -0.2) is 56.5 Å². The minimum absolute atomic E-state index is 0.0236. The summed E-state index contributed by atoms with van der Waals surface area (Å²) in [6.45, 7) is 0. The van der Waals surface area contributed by atoms with Gasteiger partial charge in [0.05, 0.1) is 38.2 Å². The summed E-state index contributed by atoms with van der Waals surface area (Å²) in [6.07, 6.45) is 0.0791. The number of amidine groups is 1. The van der Waals surface area contributed by atoms with E-state index in [1.807, 2.05) is 59.5 Å². The normalized spacial score (nSPS) is 21.0. The Bertz CT molecular complexity index is 1430. The van der Waals surface area contributed by atoms with E-state index in [0.29, 0.717) is 22.4 Å². The Morgan fingerprint density at radius 1 is 0.946 bits per heavy atom. The van der Waals surface area contributed by atoms with Crippen molar-refractivity contribution in [3.05, 3.63) is 78.4 Å². The van der Waals surface area contributed by atoms with Gasteiger partial charge in [0.2, 0.25) is 0 Å². The van der Waals surface area contributed by atoms with Crippen LogP contribution in [0.15, 0.2) is 77.8 Å². The van der Waals surface area contributed by atoms with Gasteiger partial charge in [0.15, 0.2) is 26.5 Å². The number of anilines is 1. The van der Waals surface area contributed by atoms with E-state index in [4.69, 9.17) is 14.2 Å². The molecule has 192 valence electrons. The third kappa shape index (κ3) is 5.60. The maximum Gasteiger partial charge on any atom is 0.252 e. The van der Waals surface area contributed by atoms with E-state index in [1.54, 1.807) is 32.4 Å². The van der Waals surface area contributed by atoms with E-state index in [0.717, 1.165) is 17.0 Å². The van der Waals surface area contributed by atoms with Gasteiger partial charge in [0.25, 0.3) is 5.91 Å². The maximum absolute atomic E-state index is 13.0. The third-order valence-corrected chi connectivity index (χ3v) is 9.39. The molecule has 3 aromatic carbocycles. The zero-order valence-corrected chi connectivity index (χ0v) is 22.0. The Hall–Kier alpha value is -3.50. The van der Waals surface area contributed by atoms with E-state index < -0.39 is 9.84 Å². The van der Waals surface area contributed by atoms with E-state index in [1.165, 1.54) is 11.8 Å². The van der Waals surface area contributed by atoms with Crippen molar-refractivity contribution in [1.82, 2.24) is 0 Å². The first kappa shape index (κ1) is 25.2. The number of hydrogen-bond donors (Lipinski definition) is 0. The second-order valence-corrected chi connectivity index (χ2v) is 12.1. The number of nitrogens with zero attached hydrogens (tertiary/aromatic N) is 2. The van der Waals surface area contributed by atoms with Gasteiger partial charge in [0, 0.05) is 10.9 Å². The Morgan fingerprint density at radius 2 is 1.65 bits per heavy atom. The second kappa shape index (κ2) is 10.5. The molecule has 0 bridgehead atoms. The largest absolute Gasteiger partial charge is 0.493 e. The summed E-state index contributed by atoms with van der Waals surface area (Å²) in [5.41, 5.74) is 1.50. The molecule has 2 heterocycles. The third-order valence-electron chi connectivity index (χ3n) is 6.18. The van der Waals surface area contributed by atoms with Crippen LogP contribution in [0.4, 0.5) is 5.69 Å². The molecule has 0 saturated carbocycles. The Labute approximate surface area is 220 Å². The predicted molar refractivity (Wildman–Crippen MR) is 145 cm³/mol. The van der Waals surface area contributed by atoms with Crippen molar-refractivity contribution in [2.45, 2.75) is 17.7 Å². The van der Waals surface area contributed by atoms with Crippen molar-refractivity contribution < 1.29 is 27.4 Å². The number of methoxy groups -OCH3 is 2. The molecule has 0 N–H and O–H groups in total. The number of sulfone groups is 1. The molecule has 2 aliphatic heterocycles. The van der Waals surface area contributed by atoms with Crippen LogP contribution in [0.2, 0.25) is 0 Å². The molecule has 1 amide bonds. The Kier molecular flexibility index (Phi) is 7.12. The van der Waals surface area contributed by atoms with Crippen LogP contribution in [0, 0.1) is 0 Å². The topological polar surface area (TPSA) is 94.5 Å². The van der Waals surface area contributed by atoms with Crippen molar-refractivity contribution >= 4 is 38.4 Å². The molecule has 0 aromatic heterocycles. The van der Waals surface area contributed by atoms with Crippen LogP contribution in [0.5, 0.6) is 23.0 Å². The van der Waals surface area contributed by atoms with Gasteiger partial charge in [-0.1, -0.05) is 36.0 Å². The number of amides is 1. The molecule has 2 saturated heterocycles. The highest BCUT2D eigenvalue weighted by Crippen LogP contribution is 2.41. The average Bonchev–Trinajstić information content (AvgIpc) is 3.35. The second-order valence-electron chi connectivity index (χ2n) is 8.73. The smallest absolute Gasteiger partial charge is 0.252 e. The summed E-state index contributed by atoms with van der Waals surface area (Å²) >= 11 is 1.35. The number of ether oxygens (including phenoxy) is 3. The van der Waals surface area contributed by atoms with Crippen LogP contribution in [-0.2, 0) is 21.1 Å². The van der Waals surface area contributed by atoms with Gasteiger partial charge in [0.1, 0.15) is 11.5 Å². The van der Waals surface area contributed by atoms with Gasteiger partial charge in [-0.05, 0) is 54.1 Å². The quantitative estimate of drug-likeness (QED) is 0.439. The number of aliphatic imine (C=N–C) groups is 1. The molecule has 37 heavy (non-hydrogen) atoms. The van der Waals surface area contributed by atoms with E-state index >= 15 is 0 Å². The number of hydrogen-bond acceptors (Lipinski definition) is 7. The van der Waals surface area contributed by atoms with Gasteiger partial charge in [-0.2, -0.15) is 4.99 Å². The standard InChI is InChI=1S/C27H26N2O6S2/c1-33-23-13-8-18(14-24(23)34-2)15-26(30)28-27-29(22-16-37(31,32)17-25(22)36-27)19-9-11-21(12-10-19)35-20-6-4-3-5-7-20/h3-14,22,25H,15-17H2,1-2H3/t22-,25-/m1/s1. The number of carbonyl (C=O) groups is 1. The monoisotopic (exact) mass is 538 g/mol. The van der Waals surface area contributed by atoms with Gasteiger partial charge in [-0.25, -0.2) is 8.42 Å². The molecule has 8 nitrogen and oxygen atoms in total. The van der Waals surface area contributed by atoms with E-state index in [2.05, 4.69) is 4.99 Å². The van der Waals surface area contributed by atoms with Crippen molar-refractivity contribution in [3.8, 4) is 23.0 Å². The number of benzene rings is 3. The molecule has 2 atom stereocenters. The number of rotatable bonds is 7. The maximum atomic E-state index is 13.0. The summed E-state index contributed by atoms with van der Waals surface area (Å²) in [5, 5.41) is 0.324. The first-order valence-electron chi connectivity index (χ1n) is 11.7. The number of carbonyl (C=O) groups excluding carboxylic acids is 1. The van der Waals surface area contributed by atoms with Crippen molar-refractivity contribution in [2.75, 3.05) is 30.6 Å². The zero-order chi connectivity index (χ0) is 26.0. The van der Waals surface area contributed by atoms with Gasteiger partial charge in [-0.3, -0.25) is 4.79 Å². The molecule has 10 heteroatoms. The molecule has 3 aromatic rings. The van der Waals surface area contributed by atoms with Crippen LogP contribution >= 0.6 is 11.8 Å². The minimum Gasteiger partial charge on any atom is -0.493 e. The molecular weight excluding hydrogens is 512 g/mol. The van der Waals surface area contributed by atoms with Crippen molar-refractivity contribution in [1.29, 1.82) is 0 Å². The highest BCUT2D eigenvalue weighted by Gasteiger charge is 2.49. The van der Waals surface area contributed by atoms with Crippen molar-refractivity contribution in [3.63, 3.8) is 0 Å². The minimum atomic E-state index is -3.16. The lowest BCUT2D eigenvalue weighted by Gasteiger charge is -2.24. The Morgan fingerprint density at radius 3 is 2.35 bits per heavy atom. The fourth-order valence-corrected chi connectivity index (χ4v) is 8.41. The summed E-state index contributed by atoms with van der Waals surface area (Å²) in [6, 6.07) is 21.8. The number of fused-ring (bicyclic) bond motifs is 1. The Balaban J connectivity index is 1.39. The lowest BCUT2D eigenvalue weighted by atomic mass is 10.1. The van der Waals surface area contributed by atoms with Gasteiger partial charge in [-0.15, -0.1) is 0 Å². The van der Waals surface area contributed by atoms with Crippen LogP contribution in [0.3, 0.4) is 0 Å². The summed E-state index contributed by atoms with van der Waals surface area (Å²) in [7, 11) is -0.0680. The molecule has 5 rings (SSSR count). The van der Waals surface area contributed by atoms with Crippen molar-refractivity contribution in [2.24, 2.45) is 4.99 Å². The first-order valence-corrected chi connectivity index (χ1v) is 14.4. The van der Waals surface area contributed by atoms with Gasteiger partial charge < -0.3 is 19.1 Å². The van der Waals surface area contributed by atoms with Crippen LogP contribution < -0.4 is 19.1 Å². The summed E-state index contributed by atoms with van der Waals surface area (Å²) < 4.78 is 41.2. The number of para-hydroxylation sites is 1. The van der Waals surface area contributed by atoms with Crippen LogP contribution in [0.1, 0.15) is 5.56 Å².